The minimum Gasteiger partial charge on any atom is -0.508 e. The predicted octanol–water partition coefficient (Wildman–Crippen LogP) is 4.44. The lowest BCUT2D eigenvalue weighted by Gasteiger charge is -2.18. The van der Waals surface area contributed by atoms with Crippen molar-refractivity contribution in [2.24, 2.45) is 0 Å². The molecule has 0 spiro atoms. The van der Waals surface area contributed by atoms with Crippen LogP contribution in [0.2, 0.25) is 0 Å². The highest BCUT2D eigenvalue weighted by atomic mass is 32.1. The highest BCUT2D eigenvalue weighted by Gasteiger charge is 2.22. The molecule has 1 aliphatic heterocycles. The summed E-state index contributed by atoms with van der Waals surface area (Å²) in [6.07, 6.45) is 1.65. The Hall–Kier alpha value is -4.17. The van der Waals surface area contributed by atoms with Crippen LogP contribution >= 0.6 is 12.2 Å². The van der Waals surface area contributed by atoms with Crippen molar-refractivity contribution in [2.45, 2.75) is 0 Å². The summed E-state index contributed by atoms with van der Waals surface area (Å²) in [7, 11) is 0. The normalized spacial score (nSPS) is 10.8. The van der Waals surface area contributed by atoms with Crippen molar-refractivity contribution in [3.63, 3.8) is 0 Å². The van der Waals surface area contributed by atoms with Crippen molar-refractivity contribution >= 4 is 40.0 Å². The molecule has 0 bridgehead atoms. The monoisotopic (exact) mass is 446 g/mol. The van der Waals surface area contributed by atoms with E-state index in [1.807, 2.05) is 0 Å². The Bertz CT molecular complexity index is 1410. The van der Waals surface area contributed by atoms with E-state index in [4.69, 9.17) is 16.6 Å². The number of fused-ring (bicyclic) bond motifs is 2. The summed E-state index contributed by atoms with van der Waals surface area (Å²) >= 11 is 5.20. The standard InChI is InChI=1S/C24H18N2O5S/c1-2-9-25-24(32)26-13-3-6-16(19(10-13)23(29)30)22-17-7-4-14(27)11-20(17)31-21-12-15(28)5-8-18(21)22/h2-8,10-12,27H,1,9H2,(H,29,30)(H2,25,26,32). The highest BCUT2D eigenvalue weighted by molar-refractivity contribution is 7.80. The summed E-state index contributed by atoms with van der Waals surface area (Å²) < 4.78 is 5.83. The zero-order chi connectivity index (χ0) is 22.8. The quantitative estimate of drug-likeness (QED) is 0.202. The second kappa shape index (κ2) is 8.52. The van der Waals surface area contributed by atoms with E-state index in [1.54, 1.807) is 30.3 Å². The average Bonchev–Trinajstić information content (AvgIpc) is 2.76. The second-order valence-electron chi connectivity index (χ2n) is 7.00. The first-order chi connectivity index (χ1) is 15.4. The molecule has 0 unspecified atom stereocenters. The molecular weight excluding hydrogens is 428 g/mol. The van der Waals surface area contributed by atoms with E-state index in [-0.39, 0.29) is 16.7 Å². The van der Waals surface area contributed by atoms with Crippen LogP contribution in [0.1, 0.15) is 10.4 Å². The van der Waals surface area contributed by atoms with Crippen LogP contribution in [0.4, 0.5) is 5.69 Å². The summed E-state index contributed by atoms with van der Waals surface area (Å²) in [5, 5.41) is 26.7. The zero-order valence-corrected chi connectivity index (χ0v) is 17.5. The molecule has 0 aromatic heterocycles. The van der Waals surface area contributed by atoms with E-state index in [9.17, 15) is 19.8 Å². The number of aromatic carboxylic acids is 1. The molecule has 4 N–H and O–H groups in total. The third-order valence-electron chi connectivity index (χ3n) is 4.86. The molecule has 0 radical (unpaired) electrons. The fraction of sp³-hybridized carbons (Fsp3) is 0.0417. The maximum atomic E-state index is 12.2. The van der Waals surface area contributed by atoms with Gasteiger partial charge >= 0.3 is 5.97 Å². The van der Waals surface area contributed by atoms with Gasteiger partial charge < -0.3 is 25.3 Å². The topological polar surface area (TPSA) is 112 Å². The van der Waals surface area contributed by atoms with E-state index in [0.717, 1.165) is 0 Å². The molecule has 0 fully saturated rings. The number of phenolic OH excluding ortho intramolecular Hbond substituents is 1. The van der Waals surface area contributed by atoms with Crippen LogP contribution in [0.15, 0.2) is 76.5 Å². The lowest BCUT2D eigenvalue weighted by molar-refractivity contribution is 0.0698. The molecule has 4 rings (SSSR count). The Kier molecular flexibility index (Phi) is 5.61. The predicted molar refractivity (Wildman–Crippen MR) is 128 cm³/mol. The van der Waals surface area contributed by atoms with E-state index >= 15 is 0 Å². The Morgan fingerprint density at radius 2 is 1.88 bits per heavy atom. The first-order valence-corrected chi connectivity index (χ1v) is 10.0. The SMILES string of the molecule is C=CCNC(=S)Nc1ccc(-c2c3ccc(=O)cc-3oc3cc(O)ccc23)c(C(=O)O)c1. The third kappa shape index (κ3) is 4.03. The molecular formula is C24H18N2O5S. The number of carboxylic acids is 1. The van der Waals surface area contributed by atoms with Gasteiger partial charge in [-0.15, -0.1) is 6.58 Å². The van der Waals surface area contributed by atoms with Crippen molar-refractivity contribution < 1.29 is 19.4 Å². The number of hydrogen-bond acceptors (Lipinski definition) is 5. The number of nitrogens with one attached hydrogen (secondary N) is 2. The van der Waals surface area contributed by atoms with Crippen LogP contribution in [-0.4, -0.2) is 27.8 Å². The Morgan fingerprint density at radius 3 is 2.62 bits per heavy atom. The molecule has 8 heteroatoms. The summed E-state index contributed by atoms with van der Waals surface area (Å²) in [5.74, 6) is -0.850. The van der Waals surface area contributed by atoms with Crippen LogP contribution in [-0.2, 0) is 0 Å². The van der Waals surface area contributed by atoms with Crippen LogP contribution < -0.4 is 16.1 Å². The minimum absolute atomic E-state index is 0.0108. The molecule has 0 saturated carbocycles. The largest absolute Gasteiger partial charge is 0.508 e. The summed E-state index contributed by atoms with van der Waals surface area (Å²) in [6.45, 7) is 4.08. The number of carbonyl (C=O) groups is 1. The van der Waals surface area contributed by atoms with Crippen LogP contribution in [0.5, 0.6) is 5.75 Å². The first-order valence-electron chi connectivity index (χ1n) is 9.60. The number of phenols is 1. The van der Waals surface area contributed by atoms with Crippen molar-refractivity contribution in [3.8, 4) is 28.2 Å². The van der Waals surface area contributed by atoms with Gasteiger partial charge in [-0.05, 0) is 54.2 Å². The molecule has 2 aliphatic rings. The number of rotatable bonds is 5. The molecule has 1 heterocycles. The molecule has 2 aromatic carbocycles. The fourth-order valence-electron chi connectivity index (χ4n) is 3.51. The summed E-state index contributed by atoms with van der Waals surface area (Å²) in [6, 6.07) is 13.8. The molecule has 2 aromatic rings. The van der Waals surface area contributed by atoms with Crippen molar-refractivity contribution in [1.82, 2.24) is 5.32 Å². The van der Waals surface area contributed by atoms with Crippen molar-refractivity contribution in [1.29, 1.82) is 0 Å². The van der Waals surface area contributed by atoms with Gasteiger partial charge in [0.1, 0.15) is 17.1 Å². The molecule has 0 amide bonds. The number of benzene rings is 3. The molecule has 7 nitrogen and oxygen atoms in total. The number of anilines is 1. The van der Waals surface area contributed by atoms with Gasteiger partial charge in [-0.1, -0.05) is 12.1 Å². The number of thiocarbonyl (C=S) groups is 1. The molecule has 0 atom stereocenters. The van der Waals surface area contributed by atoms with E-state index in [1.165, 1.54) is 30.3 Å². The van der Waals surface area contributed by atoms with Gasteiger partial charge in [0, 0.05) is 40.9 Å². The van der Waals surface area contributed by atoms with E-state index < -0.39 is 5.97 Å². The minimum atomic E-state index is -1.13. The molecule has 1 aliphatic carbocycles. The third-order valence-corrected chi connectivity index (χ3v) is 5.11. The van der Waals surface area contributed by atoms with Gasteiger partial charge in [-0.2, -0.15) is 0 Å². The van der Waals surface area contributed by atoms with E-state index in [0.29, 0.717) is 50.8 Å². The van der Waals surface area contributed by atoms with Crippen molar-refractivity contribution in [3.05, 3.63) is 83.0 Å². The van der Waals surface area contributed by atoms with Gasteiger partial charge in [0.2, 0.25) is 0 Å². The molecule has 32 heavy (non-hydrogen) atoms. The molecule has 160 valence electrons. The highest BCUT2D eigenvalue weighted by Crippen LogP contribution is 2.42. The Balaban J connectivity index is 1.95. The lowest BCUT2D eigenvalue weighted by Crippen LogP contribution is -2.28. The number of hydrogen-bond donors (Lipinski definition) is 4. The maximum Gasteiger partial charge on any atom is 0.336 e. The van der Waals surface area contributed by atoms with Gasteiger partial charge in [-0.3, -0.25) is 4.79 Å². The number of carboxylic acid groups (broad SMARTS) is 1. The van der Waals surface area contributed by atoms with Gasteiger partial charge in [0.25, 0.3) is 0 Å². The van der Waals surface area contributed by atoms with E-state index in [2.05, 4.69) is 17.2 Å². The van der Waals surface area contributed by atoms with Gasteiger partial charge in [0.05, 0.1) is 5.56 Å². The van der Waals surface area contributed by atoms with Gasteiger partial charge in [0.15, 0.2) is 10.5 Å². The van der Waals surface area contributed by atoms with Gasteiger partial charge in [-0.25, -0.2) is 4.79 Å². The van der Waals surface area contributed by atoms with Crippen LogP contribution in [0.25, 0.3) is 33.4 Å². The average molecular weight is 446 g/mol. The van der Waals surface area contributed by atoms with Crippen molar-refractivity contribution in [2.75, 3.05) is 11.9 Å². The number of aromatic hydroxyl groups is 1. The fourth-order valence-corrected chi connectivity index (χ4v) is 3.71. The second-order valence-corrected chi connectivity index (χ2v) is 7.41. The zero-order valence-electron chi connectivity index (χ0n) is 16.7. The summed E-state index contributed by atoms with van der Waals surface area (Å²) in [4.78, 5) is 24.1. The summed E-state index contributed by atoms with van der Waals surface area (Å²) in [5.41, 5.74) is 2.21. The lowest BCUT2D eigenvalue weighted by atomic mass is 9.90. The molecule has 0 saturated heterocycles. The van der Waals surface area contributed by atoms with Crippen LogP contribution in [0.3, 0.4) is 0 Å². The maximum absolute atomic E-state index is 12.2. The van der Waals surface area contributed by atoms with Crippen LogP contribution in [0, 0.1) is 0 Å². The Labute approximate surface area is 188 Å². The Morgan fingerprint density at radius 1 is 1.09 bits per heavy atom. The smallest absolute Gasteiger partial charge is 0.336 e. The first kappa shape index (κ1) is 21.1.